The topological polar surface area (TPSA) is 62.5 Å². The van der Waals surface area contributed by atoms with Crippen LogP contribution in [-0.4, -0.2) is 52.9 Å². The first-order chi connectivity index (χ1) is 11.6. The Kier molecular flexibility index (Phi) is 5.60. The van der Waals surface area contributed by atoms with Crippen LogP contribution in [0.15, 0.2) is 35.7 Å². The third-order valence-corrected chi connectivity index (χ3v) is 5.17. The number of benzene rings is 1. The second kappa shape index (κ2) is 7.88. The second-order valence-electron chi connectivity index (χ2n) is 6.26. The highest BCUT2D eigenvalue weighted by Crippen LogP contribution is 2.13. The first kappa shape index (κ1) is 17.1. The number of carbonyl (C=O) groups is 1. The third-order valence-electron chi connectivity index (χ3n) is 4.35. The largest absolute Gasteiger partial charge is 0.339 e. The number of aromatic nitrogens is 1. The maximum Gasteiger partial charge on any atom is 0.239 e. The van der Waals surface area contributed by atoms with E-state index >= 15 is 0 Å². The molecule has 0 saturated carbocycles. The monoisotopic (exact) mass is 344 g/mol. The van der Waals surface area contributed by atoms with Gasteiger partial charge in [0.25, 0.3) is 0 Å². The molecule has 0 aliphatic carbocycles. The Bertz CT molecular complexity index is 665. The minimum atomic E-state index is -0.458. The smallest absolute Gasteiger partial charge is 0.239 e. The molecule has 2 aromatic rings. The molecule has 1 aliphatic heterocycles. The standard InChI is InChI=1S/C18H24N4OS/c1-14-20-16(13-24-14)12-21-7-9-22(10-8-21)18(23)17(19)11-15-5-3-2-4-6-15/h2-6,13,17H,7-12,19H2,1H3. The summed E-state index contributed by atoms with van der Waals surface area (Å²) in [6.07, 6.45) is 0.595. The van der Waals surface area contributed by atoms with Crippen molar-refractivity contribution in [1.82, 2.24) is 14.8 Å². The summed E-state index contributed by atoms with van der Waals surface area (Å²) in [5.74, 6) is 0.0583. The molecule has 6 heteroatoms. The van der Waals surface area contributed by atoms with E-state index in [-0.39, 0.29) is 5.91 Å². The molecule has 1 unspecified atom stereocenters. The van der Waals surface area contributed by atoms with Crippen molar-refractivity contribution in [2.75, 3.05) is 26.2 Å². The predicted octanol–water partition coefficient (Wildman–Crippen LogP) is 1.67. The van der Waals surface area contributed by atoms with E-state index in [4.69, 9.17) is 5.73 Å². The Balaban J connectivity index is 1.47. The summed E-state index contributed by atoms with van der Waals surface area (Å²) in [7, 11) is 0. The molecule has 1 aromatic heterocycles. The Morgan fingerprint density at radius 1 is 1.25 bits per heavy atom. The summed E-state index contributed by atoms with van der Waals surface area (Å²) in [6.45, 7) is 6.12. The molecule has 0 radical (unpaired) electrons. The highest BCUT2D eigenvalue weighted by Gasteiger charge is 2.25. The van der Waals surface area contributed by atoms with Crippen LogP contribution in [0.2, 0.25) is 0 Å². The molecule has 3 rings (SSSR count). The van der Waals surface area contributed by atoms with Gasteiger partial charge >= 0.3 is 0 Å². The zero-order chi connectivity index (χ0) is 16.9. The molecule has 2 N–H and O–H groups in total. The fraction of sp³-hybridized carbons (Fsp3) is 0.444. The molecule has 2 heterocycles. The summed E-state index contributed by atoms with van der Waals surface area (Å²) in [6, 6.07) is 9.50. The van der Waals surface area contributed by atoms with Crippen LogP contribution in [0, 0.1) is 6.92 Å². The molecular weight excluding hydrogens is 320 g/mol. The van der Waals surface area contributed by atoms with Crippen molar-refractivity contribution in [1.29, 1.82) is 0 Å². The van der Waals surface area contributed by atoms with Gasteiger partial charge in [0.15, 0.2) is 0 Å². The van der Waals surface area contributed by atoms with Crippen LogP contribution in [-0.2, 0) is 17.8 Å². The number of nitrogens with two attached hydrogens (primary N) is 1. The third kappa shape index (κ3) is 4.41. The SMILES string of the molecule is Cc1nc(CN2CCN(C(=O)C(N)Cc3ccccc3)CC2)cs1. The molecule has 1 atom stereocenters. The highest BCUT2D eigenvalue weighted by molar-refractivity contribution is 7.09. The Labute approximate surface area is 147 Å². The predicted molar refractivity (Wildman–Crippen MR) is 96.8 cm³/mol. The van der Waals surface area contributed by atoms with Crippen LogP contribution in [0.1, 0.15) is 16.3 Å². The summed E-state index contributed by atoms with van der Waals surface area (Å²) in [4.78, 5) is 21.3. The lowest BCUT2D eigenvalue weighted by molar-refractivity contribution is -0.134. The zero-order valence-corrected chi connectivity index (χ0v) is 14.8. The number of rotatable bonds is 5. The maximum atomic E-state index is 12.5. The Morgan fingerprint density at radius 3 is 2.58 bits per heavy atom. The molecule has 24 heavy (non-hydrogen) atoms. The quantitative estimate of drug-likeness (QED) is 0.896. The van der Waals surface area contributed by atoms with Gasteiger partial charge in [0.2, 0.25) is 5.91 Å². The molecular formula is C18H24N4OS. The molecule has 128 valence electrons. The summed E-state index contributed by atoms with van der Waals surface area (Å²) < 4.78 is 0. The minimum Gasteiger partial charge on any atom is -0.339 e. The van der Waals surface area contributed by atoms with E-state index in [1.165, 1.54) is 0 Å². The minimum absolute atomic E-state index is 0.0583. The Hall–Kier alpha value is -1.76. The molecule has 1 saturated heterocycles. The Morgan fingerprint density at radius 2 is 1.96 bits per heavy atom. The van der Waals surface area contributed by atoms with Gasteiger partial charge in [0.05, 0.1) is 16.7 Å². The van der Waals surface area contributed by atoms with E-state index in [1.54, 1.807) is 11.3 Å². The van der Waals surface area contributed by atoms with E-state index in [0.717, 1.165) is 49.0 Å². The van der Waals surface area contributed by atoms with Gasteiger partial charge in [-0.05, 0) is 18.9 Å². The van der Waals surface area contributed by atoms with Crippen LogP contribution in [0.3, 0.4) is 0 Å². The number of amides is 1. The summed E-state index contributed by atoms with van der Waals surface area (Å²) >= 11 is 1.68. The van der Waals surface area contributed by atoms with Gasteiger partial charge in [-0.25, -0.2) is 4.98 Å². The highest BCUT2D eigenvalue weighted by atomic mass is 32.1. The van der Waals surface area contributed by atoms with Crippen molar-refractivity contribution in [3.8, 4) is 0 Å². The molecule has 0 bridgehead atoms. The molecule has 5 nitrogen and oxygen atoms in total. The average molecular weight is 344 g/mol. The number of nitrogens with zero attached hydrogens (tertiary/aromatic N) is 3. The molecule has 0 spiro atoms. The normalized spacial score (nSPS) is 17.0. The van der Waals surface area contributed by atoms with Gasteiger partial charge in [0, 0.05) is 38.1 Å². The van der Waals surface area contributed by atoms with E-state index in [0.29, 0.717) is 6.42 Å². The van der Waals surface area contributed by atoms with Gasteiger partial charge in [0.1, 0.15) is 0 Å². The molecule has 1 aromatic carbocycles. The van der Waals surface area contributed by atoms with Crippen LogP contribution in [0.4, 0.5) is 0 Å². The number of piperazine rings is 1. The van der Waals surface area contributed by atoms with Crippen LogP contribution < -0.4 is 5.73 Å². The van der Waals surface area contributed by atoms with Crippen LogP contribution >= 0.6 is 11.3 Å². The zero-order valence-electron chi connectivity index (χ0n) is 14.0. The summed E-state index contributed by atoms with van der Waals surface area (Å²) in [5.41, 5.74) is 8.36. The van der Waals surface area contributed by atoms with Crippen LogP contribution in [0.25, 0.3) is 0 Å². The van der Waals surface area contributed by atoms with Crippen molar-refractivity contribution < 1.29 is 4.79 Å². The van der Waals surface area contributed by atoms with E-state index < -0.39 is 6.04 Å². The fourth-order valence-electron chi connectivity index (χ4n) is 3.03. The first-order valence-electron chi connectivity index (χ1n) is 8.33. The number of thiazole rings is 1. The van der Waals surface area contributed by atoms with Gasteiger partial charge in [-0.15, -0.1) is 11.3 Å². The first-order valence-corrected chi connectivity index (χ1v) is 9.21. The lowest BCUT2D eigenvalue weighted by Crippen LogP contribution is -2.53. The second-order valence-corrected chi connectivity index (χ2v) is 7.32. The van der Waals surface area contributed by atoms with Gasteiger partial charge in [-0.1, -0.05) is 30.3 Å². The number of aryl methyl sites for hydroxylation is 1. The fourth-order valence-corrected chi connectivity index (χ4v) is 3.63. The maximum absolute atomic E-state index is 12.5. The van der Waals surface area contributed by atoms with E-state index in [2.05, 4.69) is 15.3 Å². The van der Waals surface area contributed by atoms with Gasteiger partial charge < -0.3 is 10.6 Å². The molecule has 1 amide bonds. The van der Waals surface area contributed by atoms with Crippen molar-refractivity contribution >= 4 is 17.2 Å². The number of hydrogen-bond donors (Lipinski definition) is 1. The van der Waals surface area contributed by atoms with Crippen molar-refractivity contribution in [2.45, 2.75) is 25.9 Å². The van der Waals surface area contributed by atoms with E-state index in [9.17, 15) is 4.79 Å². The van der Waals surface area contributed by atoms with Crippen molar-refractivity contribution in [3.05, 3.63) is 52.0 Å². The summed E-state index contributed by atoms with van der Waals surface area (Å²) in [5, 5.41) is 3.22. The lowest BCUT2D eigenvalue weighted by atomic mass is 10.1. The molecule has 1 fully saturated rings. The van der Waals surface area contributed by atoms with Gasteiger partial charge in [-0.3, -0.25) is 9.69 Å². The number of carbonyl (C=O) groups excluding carboxylic acids is 1. The average Bonchev–Trinajstić information content (AvgIpc) is 3.00. The van der Waals surface area contributed by atoms with Gasteiger partial charge in [-0.2, -0.15) is 0 Å². The van der Waals surface area contributed by atoms with E-state index in [1.807, 2.05) is 42.2 Å². The van der Waals surface area contributed by atoms with Crippen LogP contribution in [0.5, 0.6) is 0 Å². The van der Waals surface area contributed by atoms with Crippen molar-refractivity contribution in [2.24, 2.45) is 5.73 Å². The molecule has 1 aliphatic rings. The lowest BCUT2D eigenvalue weighted by Gasteiger charge is -2.35. The van der Waals surface area contributed by atoms with Crippen molar-refractivity contribution in [3.63, 3.8) is 0 Å². The number of hydrogen-bond acceptors (Lipinski definition) is 5.